The number of oxime groups is 1. The molecule has 0 bridgehead atoms. The number of carbonyl (C=O) groups excluding carboxylic acids is 2. The van der Waals surface area contributed by atoms with Gasteiger partial charge in [-0.2, -0.15) is 5.10 Å². The van der Waals surface area contributed by atoms with E-state index < -0.39 is 12.0 Å². The first-order valence-electron chi connectivity index (χ1n) is 9.09. The fourth-order valence-corrected chi connectivity index (χ4v) is 4.17. The number of hydrogen-bond acceptors (Lipinski definition) is 5. The molecule has 1 aromatic heterocycles. The predicted octanol–water partition coefficient (Wildman–Crippen LogP) is 2.48. The van der Waals surface area contributed by atoms with Crippen LogP contribution in [0, 0.1) is 19.8 Å². The lowest BCUT2D eigenvalue weighted by atomic mass is 9.93. The Labute approximate surface area is 161 Å². The van der Waals surface area contributed by atoms with Crippen molar-refractivity contribution in [3.63, 3.8) is 0 Å². The molecule has 7 nitrogen and oxygen atoms in total. The standard InChI is InChI=1S/C21H18N4O3/c1-11-16(12(2)24(3)22-11)18-17-19(28-23-18)21(27)25(20(17)26)15-10-6-8-13-7-4-5-9-14(13)15/h4-10,17,19H,1-3H3/t17-,19+/m0/s1. The van der Waals surface area contributed by atoms with Crippen molar-refractivity contribution in [1.29, 1.82) is 0 Å². The maximum absolute atomic E-state index is 13.4. The Hall–Kier alpha value is -3.48. The molecule has 0 radical (unpaired) electrons. The second-order valence-electron chi connectivity index (χ2n) is 7.16. The number of hydrogen-bond donors (Lipinski definition) is 0. The molecule has 1 saturated heterocycles. The van der Waals surface area contributed by atoms with Crippen molar-refractivity contribution in [3.8, 4) is 0 Å². The predicted molar refractivity (Wildman–Crippen MR) is 104 cm³/mol. The molecular weight excluding hydrogens is 356 g/mol. The number of rotatable bonds is 2. The number of benzene rings is 2. The number of imide groups is 1. The fourth-order valence-electron chi connectivity index (χ4n) is 4.17. The van der Waals surface area contributed by atoms with Gasteiger partial charge in [0, 0.05) is 23.7 Å². The van der Waals surface area contributed by atoms with E-state index in [-0.39, 0.29) is 11.8 Å². The van der Waals surface area contributed by atoms with Crippen LogP contribution in [0.5, 0.6) is 0 Å². The molecule has 140 valence electrons. The van der Waals surface area contributed by atoms with Gasteiger partial charge in [0.15, 0.2) is 0 Å². The maximum atomic E-state index is 13.4. The lowest BCUT2D eigenvalue weighted by Gasteiger charge is -2.17. The van der Waals surface area contributed by atoms with Crippen molar-refractivity contribution in [2.24, 2.45) is 18.1 Å². The topological polar surface area (TPSA) is 76.8 Å². The zero-order chi connectivity index (χ0) is 19.6. The summed E-state index contributed by atoms with van der Waals surface area (Å²) in [6.07, 6.45) is -0.930. The van der Waals surface area contributed by atoms with Crippen LogP contribution in [0.2, 0.25) is 0 Å². The Bertz CT molecular complexity index is 1190. The second-order valence-corrected chi connectivity index (χ2v) is 7.16. The quantitative estimate of drug-likeness (QED) is 0.646. The van der Waals surface area contributed by atoms with Crippen molar-refractivity contribution in [2.75, 3.05) is 4.90 Å². The average molecular weight is 374 g/mol. The number of amides is 2. The summed E-state index contributed by atoms with van der Waals surface area (Å²) in [7, 11) is 1.84. The Morgan fingerprint density at radius 2 is 1.75 bits per heavy atom. The molecule has 2 aliphatic rings. The molecule has 0 N–H and O–H groups in total. The maximum Gasteiger partial charge on any atom is 0.278 e. The first-order chi connectivity index (χ1) is 13.5. The molecule has 0 spiro atoms. The molecule has 3 heterocycles. The normalized spacial score (nSPS) is 21.2. The van der Waals surface area contributed by atoms with Gasteiger partial charge in [0.05, 0.1) is 11.4 Å². The molecule has 2 aliphatic heterocycles. The minimum atomic E-state index is -0.930. The van der Waals surface area contributed by atoms with E-state index in [1.165, 1.54) is 4.90 Å². The van der Waals surface area contributed by atoms with Gasteiger partial charge in [0.2, 0.25) is 12.0 Å². The molecule has 0 aliphatic carbocycles. The molecule has 28 heavy (non-hydrogen) atoms. The SMILES string of the molecule is Cc1nn(C)c(C)c1C1=NO[C@H]2C(=O)N(c3cccc4ccccc34)C(=O)[C@@H]12. The van der Waals surface area contributed by atoms with Gasteiger partial charge >= 0.3 is 0 Å². The number of fused-ring (bicyclic) bond motifs is 2. The lowest BCUT2D eigenvalue weighted by molar-refractivity contribution is -0.126. The molecule has 7 heteroatoms. The minimum absolute atomic E-state index is 0.315. The largest absolute Gasteiger partial charge is 0.381 e. The molecule has 5 rings (SSSR count). The van der Waals surface area contributed by atoms with Crippen molar-refractivity contribution >= 4 is 34.0 Å². The van der Waals surface area contributed by atoms with Crippen molar-refractivity contribution in [1.82, 2.24) is 9.78 Å². The first-order valence-corrected chi connectivity index (χ1v) is 9.09. The molecule has 2 aromatic carbocycles. The van der Waals surface area contributed by atoms with Crippen LogP contribution in [-0.2, 0) is 21.5 Å². The van der Waals surface area contributed by atoms with E-state index in [1.54, 1.807) is 10.7 Å². The average Bonchev–Trinajstić information content (AvgIpc) is 3.29. The highest BCUT2D eigenvalue weighted by molar-refractivity contribution is 6.34. The summed E-state index contributed by atoms with van der Waals surface area (Å²) in [6.45, 7) is 3.77. The third kappa shape index (κ3) is 2.10. The molecule has 1 fully saturated rings. The Kier molecular flexibility index (Phi) is 3.43. The highest BCUT2D eigenvalue weighted by Gasteiger charge is 2.57. The molecule has 2 amide bonds. The van der Waals surface area contributed by atoms with Crippen LogP contribution in [0.1, 0.15) is 17.0 Å². The van der Waals surface area contributed by atoms with E-state index in [0.717, 1.165) is 27.7 Å². The smallest absolute Gasteiger partial charge is 0.278 e. The van der Waals surface area contributed by atoms with Crippen LogP contribution >= 0.6 is 0 Å². The van der Waals surface area contributed by atoms with Gasteiger partial charge in [-0.25, -0.2) is 4.90 Å². The van der Waals surface area contributed by atoms with Gasteiger partial charge in [-0.05, 0) is 25.3 Å². The molecule has 0 saturated carbocycles. The Balaban J connectivity index is 1.61. The summed E-state index contributed by atoms with van der Waals surface area (Å²) in [5.74, 6) is -1.46. The molecule has 0 unspecified atom stereocenters. The number of aromatic nitrogens is 2. The number of nitrogens with zero attached hydrogens (tertiary/aromatic N) is 4. The third-order valence-corrected chi connectivity index (χ3v) is 5.58. The van der Waals surface area contributed by atoms with Crippen LogP contribution in [0.4, 0.5) is 5.69 Å². The van der Waals surface area contributed by atoms with E-state index >= 15 is 0 Å². The van der Waals surface area contributed by atoms with Crippen LogP contribution in [0.25, 0.3) is 10.8 Å². The van der Waals surface area contributed by atoms with Crippen LogP contribution in [0.15, 0.2) is 47.6 Å². The second kappa shape index (κ2) is 5.76. The zero-order valence-electron chi connectivity index (χ0n) is 15.7. The highest BCUT2D eigenvalue weighted by Crippen LogP contribution is 2.38. The Morgan fingerprint density at radius 1 is 1.00 bits per heavy atom. The summed E-state index contributed by atoms with van der Waals surface area (Å²) in [6, 6.07) is 13.3. The van der Waals surface area contributed by atoms with Gasteiger partial charge < -0.3 is 4.84 Å². The van der Waals surface area contributed by atoms with E-state index in [9.17, 15) is 9.59 Å². The number of anilines is 1. The van der Waals surface area contributed by atoms with Crippen molar-refractivity contribution in [3.05, 3.63) is 59.4 Å². The highest BCUT2D eigenvalue weighted by atomic mass is 16.6. The third-order valence-electron chi connectivity index (χ3n) is 5.58. The summed E-state index contributed by atoms with van der Waals surface area (Å²) < 4.78 is 1.74. The van der Waals surface area contributed by atoms with Crippen LogP contribution in [-0.4, -0.2) is 33.4 Å². The van der Waals surface area contributed by atoms with Gasteiger partial charge in [0.1, 0.15) is 11.6 Å². The summed E-state index contributed by atoms with van der Waals surface area (Å²) >= 11 is 0. The van der Waals surface area contributed by atoms with E-state index in [0.29, 0.717) is 11.4 Å². The summed E-state index contributed by atoms with van der Waals surface area (Å²) in [4.78, 5) is 33.1. The van der Waals surface area contributed by atoms with Gasteiger partial charge in [-0.3, -0.25) is 14.3 Å². The van der Waals surface area contributed by atoms with Gasteiger partial charge in [0.25, 0.3) is 5.91 Å². The molecule has 3 aromatic rings. The fraction of sp³-hybridized carbons (Fsp3) is 0.238. The van der Waals surface area contributed by atoms with Gasteiger partial charge in [-0.15, -0.1) is 0 Å². The van der Waals surface area contributed by atoms with Crippen molar-refractivity contribution < 1.29 is 14.4 Å². The van der Waals surface area contributed by atoms with E-state index in [1.807, 2.05) is 57.3 Å². The zero-order valence-corrected chi connectivity index (χ0v) is 15.7. The summed E-state index contributed by atoms with van der Waals surface area (Å²) in [5.41, 5.74) is 3.46. The lowest BCUT2D eigenvalue weighted by Crippen LogP contribution is -2.33. The van der Waals surface area contributed by atoms with E-state index in [2.05, 4.69) is 10.3 Å². The first kappa shape index (κ1) is 16.7. The van der Waals surface area contributed by atoms with Crippen molar-refractivity contribution in [2.45, 2.75) is 20.0 Å². The molecular formula is C21H18N4O3. The number of aryl methyl sites for hydroxylation is 2. The van der Waals surface area contributed by atoms with Crippen LogP contribution < -0.4 is 4.90 Å². The Morgan fingerprint density at radius 3 is 2.50 bits per heavy atom. The number of carbonyl (C=O) groups is 2. The monoisotopic (exact) mass is 374 g/mol. The molecule has 2 atom stereocenters. The minimum Gasteiger partial charge on any atom is -0.381 e. The summed E-state index contributed by atoms with van der Waals surface area (Å²) in [5, 5.41) is 10.3. The van der Waals surface area contributed by atoms with Gasteiger partial charge in [-0.1, -0.05) is 41.6 Å². The van der Waals surface area contributed by atoms with E-state index in [4.69, 9.17) is 4.84 Å². The van der Waals surface area contributed by atoms with Crippen LogP contribution in [0.3, 0.4) is 0 Å².